The molecule has 0 aliphatic heterocycles. The predicted octanol–water partition coefficient (Wildman–Crippen LogP) is 3.04. The molecule has 0 aliphatic carbocycles. The Morgan fingerprint density at radius 3 is 2.37 bits per heavy atom. The molecule has 0 spiro atoms. The van der Waals surface area contributed by atoms with Gasteiger partial charge in [0.25, 0.3) is 0 Å². The Morgan fingerprint density at radius 1 is 1.11 bits per heavy atom. The van der Waals surface area contributed by atoms with Gasteiger partial charge in [-0.2, -0.15) is 0 Å². The Labute approximate surface area is 118 Å². The monoisotopic (exact) mass is 294 g/mol. The molecule has 2 aromatic carbocycles. The number of halogens is 1. The maximum Gasteiger partial charge on any atom is 0.179 e. The molecule has 0 amide bonds. The first kappa shape index (κ1) is 13.8. The van der Waals surface area contributed by atoms with Gasteiger partial charge in [0.05, 0.1) is 22.1 Å². The molecule has 0 aromatic heterocycles. The molecule has 3 nitrogen and oxygen atoms in total. The molecule has 0 radical (unpaired) electrons. The summed E-state index contributed by atoms with van der Waals surface area (Å²) in [5.74, 6) is -0.619. The highest BCUT2D eigenvalue weighted by Gasteiger charge is 2.15. The summed E-state index contributed by atoms with van der Waals surface area (Å²) in [5, 5.41) is 10.1. The van der Waals surface area contributed by atoms with Gasteiger partial charge in [0.2, 0.25) is 0 Å². The van der Waals surface area contributed by atoms with E-state index in [2.05, 4.69) is 0 Å². The number of rotatable bonds is 4. The minimum Gasteiger partial charge on any atom is -0.507 e. The van der Waals surface area contributed by atoms with Crippen molar-refractivity contribution in [1.29, 1.82) is 0 Å². The van der Waals surface area contributed by atoms with E-state index in [1.165, 1.54) is 12.1 Å². The average molecular weight is 295 g/mol. The van der Waals surface area contributed by atoms with Crippen LogP contribution in [0.4, 0.5) is 0 Å². The first-order chi connectivity index (χ1) is 9.08. The number of para-hydroxylation sites is 1. The molecule has 0 fully saturated rings. The number of carbonyl (C=O) groups excluding carboxylic acids is 1. The minimum atomic E-state index is -1.45. The van der Waals surface area contributed by atoms with Crippen molar-refractivity contribution in [3.63, 3.8) is 0 Å². The third-order valence-electron chi connectivity index (χ3n) is 2.54. The smallest absolute Gasteiger partial charge is 0.179 e. The van der Waals surface area contributed by atoms with Gasteiger partial charge in [-0.1, -0.05) is 23.7 Å². The lowest BCUT2D eigenvalue weighted by molar-refractivity contribution is 0.101. The molecule has 0 bridgehead atoms. The van der Waals surface area contributed by atoms with Gasteiger partial charge in [-0.3, -0.25) is 9.00 Å². The summed E-state index contributed by atoms with van der Waals surface area (Å²) in [5.41, 5.74) is 0.185. The first-order valence-electron chi connectivity index (χ1n) is 5.53. The third kappa shape index (κ3) is 3.43. The molecule has 1 atom stereocenters. The lowest BCUT2D eigenvalue weighted by Gasteiger charge is -2.04. The fourth-order valence-electron chi connectivity index (χ4n) is 1.58. The van der Waals surface area contributed by atoms with Gasteiger partial charge in [-0.15, -0.1) is 0 Å². The number of phenols is 1. The number of Topliss-reactive ketones (excluding diaryl/α,β-unsaturated/α-hetero) is 1. The standard InChI is InChI=1S/C14H11ClO3S/c15-10-5-7-11(8-6-10)19(18)9-14(17)12-3-1-2-4-13(12)16/h1-8,16H,9H2. The Kier molecular flexibility index (Phi) is 4.35. The Hall–Kier alpha value is -1.65. The Balaban J connectivity index is 2.13. The van der Waals surface area contributed by atoms with Crippen LogP contribution in [0.25, 0.3) is 0 Å². The van der Waals surface area contributed by atoms with Gasteiger partial charge in [0, 0.05) is 9.92 Å². The molecule has 1 unspecified atom stereocenters. The number of hydrogen-bond acceptors (Lipinski definition) is 3. The van der Waals surface area contributed by atoms with E-state index in [4.69, 9.17) is 11.6 Å². The molecule has 1 N–H and O–H groups in total. The van der Waals surface area contributed by atoms with Crippen molar-refractivity contribution >= 4 is 28.2 Å². The highest BCUT2D eigenvalue weighted by molar-refractivity contribution is 7.85. The van der Waals surface area contributed by atoms with Crippen LogP contribution in [0.15, 0.2) is 53.4 Å². The van der Waals surface area contributed by atoms with E-state index in [1.54, 1.807) is 36.4 Å². The van der Waals surface area contributed by atoms with Crippen LogP contribution in [-0.2, 0) is 10.8 Å². The molecule has 5 heteroatoms. The van der Waals surface area contributed by atoms with Gasteiger partial charge < -0.3 is 5.11 Å². The molecular weight excluding hydrogens is 284 g/mol. The second-order valence-corrected chi connectivity index (χ2v) is 5.77. The minimum absolute atomic E-state index is 0.0967. The second kappa shape index (κ2) is 5.99. The zero-order valence-electron chi connectivity index (χ0n) is 9.88. The number of ketones is 1. The van der Waals surface area contributed by atoms with Gasteiger partial charge in [0.1, 0.15) is 5.75 Å². The number of carbonyl (C=O) groups is 1. The summed E-state index contributed by atoms with van der Waals surface area (Å²) < 4.78 is 12.0. The van der Waals surface area contributed by atoms with E-state index in [-0.39, 0.29) is 22.8 Å². The molecule has 2 rings (SSSR count). The van der Waals surface area contributed by atoms with Crippen molar-refractivity contribution in [2.24, 2.45) is 0 Å². The normalized spacial score (nSPS) is 12.1. The number of phenolic OH excluding ortho intramolecular Hbond substituents is 1. The van der Waals surface area contributed by atoms with E-state index in [9.17, 15) is 14.1 Å². The van der Waals surface area contributed by atoms with Crippen LogP contribution >= 0.6 is 11.6 Å². The lowest BCUT2D eigenvalue weighted by atomic mass is 10.1. The molecule has 0 saturated carbocycles. The van der Waals surface area contributed by atoms with Crippen molar-refractivity contribution in [3.8, 4) is 5.75 Å². The van der Waals surface area contributed by atoms with Gasteiger partial charge in [-0.25, -0.2) is 0 Å². The fourth-order valence-corrected chi connectivity index (χ4v) is 2.70. The molecule has 0 heterocycles. The Morgan fingerprint density at radius 2 is 1.74 bits per heavy atom. The maximum atomic E-state index is 12.0. The van der Waals surface area contributed by atoms with Crippen molar-refractivity contribution in [3.05, 3.63) is 59.1 Å². The summed E-state index contributed by atoms with van der Waals surface area (Å²) >= 11 is 5.74. The van der Waals surface area contributed by atoms with E-state index < -0.39 is 10.8 Å². The second-order valence-electron chi connectivity index (χ2n) is 3.88. The summed E-state index contributed by atoms with van der Waals surface area (Å²) in [7, 11) is -1.45. The highest BCUT2D eigenvalue weighted by atomic mass is 35.5. The van der Waals surface area contributed by atoms with Gasteiger partial charge in [0.15, 0.2) is 5.78 Å². The Bertz CT molecular complexity index is 623. The molecule has 2 aromatic rings. The van der Waals surface area contributed by atoms with Crippen molar-refractivity contribution in [1.82, 2.24) is 0 Å². The summed E-state index contributed by atoms with van der Waals surface area (Å²) in [6.07, 6.45) is 0. The zero-order valence-corrected chi connectivity index (χ0v) is 11.4. The van der Waals surface area contributed by atoms with Crippen LogP contribution in [-0.4, -0.2) is 20.9 Å². The van der Waals surface area contributed by atoms with E-state index in [0.29, 0.717) is 9.92 Å². The van der Waals surface area contributed by atoms with Crippen LogP contribution in [0, 0.1) is 0 Å². The fraction of sp³-hybridized carbons (Fsp3) is 0.0714. The van der Waals surface area contributed by atoms with Crippen LogP contribution < -0.4 is 0 Å². The SMILES string of the molecule is O=C(CS(=O)c1ccc(Cl)cc1)c1ccccc1O. The third-order valence-corrected chi connectivity index (χ3v) is 4.12. The van der Waals surface area contributed by atoms with Crippen LogP contribution in [0.2, 0.25) is 5.02 Å². The maximum absolute atomic E-state index is 12.0. The molecule has 98 valence electrons. The number of aromatic hydroxyl groups is 1. The van der Waals surface area contributed by atoms with E-state index in [0.717, 1.165) is 0 Å². The van der Waals surface area contributed by atoms with Crippen LogP contribution in [0.1, 0.15) is 10.4 Å². The number of benzene rings is 2. The van der Waals surface area contributed by atoms with Gasteiger partial charge in [-0.05, 0) is 36.4 Å². The largest absolute Gasteiger partial charge is 0.507 e. The van der Waals surface area contributed by atoms with Crippen molar-refractivity contribution in [2.45, 2.75) is 4.90 Å². The van der Waals surface area contributed by atoms with E-state index >= 15 is 0 Å². The first-order valence-corrected chi connectivity index (χ1v) is 7.23. The van der Waals surface area contributed by atoms with Crippen molar-refractivity contribution < 1.29 is 14.1 Å². The van der Waals surface area contributed by atoms with Crippen molar-refractivity contribution in [2.75, 3.05) is 5.75 Å². The molecule has 19 heavy (non-hydrogen) atoms. The quantitative estimate of drug-likeness (QED) is 0.882. The lowest BCUT2D eigenvalue weighted by Crippen LogP contribution is -2.11. The summed E-state index contributed by atoms with van der Waals surface area (Å²) in [4.78, 5) is 12.5. The zero-order chi connectivity index (χ0) is 13.8. The summed E-state index contributed by atoms with van der Waals surface area (Å²) in [6.45, 7) is 0. The molecule has 0 aliphatic rings. The predicted molar refractivity (Wildman–Crippen MR) is 75.2 cm³/mol. The van der Waals surface area contributed by atoms with Crippen LogP contribution in [0.5, 0.6) is 5.75 Å². The topological polar surface area (TPSA) is 54.4 Å². The van der Waals surface area contributed by atoms with Gasteiger partial charge >= 0.3 is 0 Å². The molecule has 0 saturated heterocycles. The van der Waals surface area contributed by atoms with E-state index in [1.807, 2.05) is 0 Å². The van der Waals surface area contributed by atoms with Crippen LogP contribution in [0.3, 0.4) is 0 Å². The molecular formula is C14H11ClO3S. The average Bonchev–Trinajstić information content (AvgIpc) is 2.39. The number of hydrogen-bond donors (Lipinski definition) is 1. The summed E-state index contributed by atoms with van der Waals surface area (Å²) in [6, 6.07) is 12.7. The highest BCUT2D eigenvalue weighted by Crippen LogP contribution is 2.18.